The topological polar surface area (TPSA) is 72.5 Å². The van der Waals surface area contributed by atoms with Gasteiger partial charge in [-0.25, -0.2) is 0 Å². The molecular weight excluding hydrogens is 436 g/mol. The van der Waals surface area contributed by atoms with Gasteiger partial charge in [-0.15, -0.1) is 37.1 Å². The first-order valence-corrected chi connectivity index (χ1v) is 6.76. The van der Waals surface area contributed by atoms with E-state index in [4.69, 9.17) is 5.73 Å². The number of rotatable bonds is 5. The Morgan fingerprint density at radius 3 is 2.54 bits per heavy atom. The fourth-order valence-electron chi connectivity index (χ4n) is 1.80. The molecule has 0 spiro atoms. The fraction of sp³-hybridized carbons (Fsp3) is 0.200. The van der Waals surface area contributed by atoms with Gasteiger partial charge < -0.3 is 15.8 Å². The highest BCUT2D eigenvalue weighted by atomic mass is 127. The van der Waals surface area contributed by atoms with E-state index in [-0.39, 0.29) is 41.4 Å². The minimum absolute atomic E-state index is 0. The number of ether oxygens (including phenoxy) is 1. The van der Waals surface area contributed by atoms with Crippen LogP contribution in [-0.2, 0) is 6.42 Å². The van der Waals surface area contributed by atoms with Gasteiger partial charge in [0.05, 0.1) is 5.69 Å². The van der Waals surface area contributed by atoms with Crippen LogP contribution in [0.2, 0.25) is 0 Å². The molecule has 0 aliphatic rings. The van der Waals surface area contributed by atoms with E-state index in [2.05, 4.69) is 20.0 Å². The minimum atomic E-state index is -4.78. The molecule has 0 aliphatic carbocycles. The first-order valence-electron chi connectivity index (χ1n) is 6.76. The van der Waals surface area contributed by atoms with E-state index in [0.717, 1.165) is 5.69 Å². The summed E-state index contributed by atoms with van der Waals surface area (Å²) >= 11 is 0. The summed E-state index contributed by atoms with van der Waals surface area (Å²) in [6, 6.07) is 11.1. The Kier molecular flexibility index (Phi) is 7.75. The van der Waals surface area contributed by atoms with E-state index in [1.807, 2.05) is 12.1 Å². The van der Waals surface area contributed by atoms with E-state index in [9.17, 15) is 13.2 Å². The van der Waals surface area contributed by atoms with Crippen LogP contribution in [0.5, 0.6) is 5.75 Å². The number of benzene rings is 1. The molecule has 9 heteroatoms. The predicted octanol–water partition coefficient (Wildman–Crippen LogP) is 3.57. The van der Waals surface area contributed by atoms with Crippen LogP contribution in [0.1, 0.15) is 5.69 Å². The largest absolute Gasteiger partial charge is 0.573 e. The Morgan fingerprint density at radius 1 is 1.17 bits per heavy atom. The summed E-state index contributed by atoms with van der Waals surface area (Å²) in [5.74, 6) is -0.373. The molecule has 1 aromatic heterocycles. The third-order valence-electron chi connectivity index (χ3n) is 2.75. The van der Waals surface area contributed by atoms with Crippen LogP contribution in [0.15, 0.2) is 53.7 Å². The van der Waals surface area contributed by atoms with Crippen LogP contribution >= 0.6 is 24.0 Å². The Hall–Kier alpha value is -2.04. The molecule has 0 bridgehead atoms. The lowest BCUT2D eigenvalue weighted by molar-refractivity contribution is -0.274. The van der Waals surface area contributed by atoms with Crippen molar-refractivity contribution in [3.63, 3.8) is 0 Å². The van der Waals surface area contributed by atoms with Gasteiger partial charge in [-0.1, -0.05) is 18.2 Å². The predicted molar refractivity (Wildman–Crippen MR) is 96.6 cm³/mol. The lowest BCUT2D eigenvalue weighted by atomic mass is 10.3. The zero-order valence-corrected chi connectivity index (χ0v) is 14.8. The zero-order chi connectivity index (χ0) is 16.7. The molecule has 0 atom stereocenters. The summed E-state index contributed by atoms with van der Waals surface area (Å²) in [6.07, 6.45) is -2.53. The van der Waals surface area contributed by atoms with Crippen molar-refractivity contribution in [1.29, 1.82) is 0 Å². The van der Waals surface area contributed by atoms with Crippen LogP contribution in [0.25, 0.3) is 0 Å². The molecule has 1 heterocycles. The lowest BCUT2D eigenvalue weighted by Crippen LogP contribution is -2.24. The first kappa shape index (κ1) is 20.0. The van der Waals surface area contributed by atoms with Gasteiger partial charge in [0.15, 0.2) is 11.7 Å². The maximum atomic E-state index is 12.3. The molecule has 0 aliphatic heterocycles. The van der Waals surface area contributed by atoms with Crippen molar-refractivity contribution < 1.29 is 17.9 Å². The third-order valence-corrected chi connectivity index (χ3v) is 2.75. The second-order valence-corrected chi connectivity index (χ2v) is 4.51. The van der Waals surface area contributed by atoms with Crippen LogP contribution in [-0.4, -0.2) is 23.9 Å². The minimum Gasteiger partial charge on any atom is -0.404 e. The lowest BCUT2D eigenvalue weighted by Gasteiger charge is -2.14. The highest BCUT2D eigenvalue weighted by Gasteiger charge is 2.32. The Morgan fingerprint density at radius 2 is 1.88 bits per heavy atom. The van der Waals surface area contributed by atoms with Crippen molar-refractivity contribution in [2.45, 2.75) is 12.8 Å². The van der Waals surface area contributed by atoms with Crippen LogP contribution in [0.3, 0.4) is 0 Å². The summed E-state index contributed by atoms with van der Waals surface area (Å²) in [5, 5.41) is 2.60. The van der Waals surface area contributed by atoms with Gasteiger partial charge in [0.25, 0.3) is 0 Å². The number of hydrogen-bond donors (Lipinski definition) is 2. The quantitative estimate of drug-likeness (QED) is 0.414. The fourth-order valence-corrected chi connectivity index (χ4v) is 1.80. The smallest absolute Gasteiger partial charge is 0.404 e. The average Bonchev–Trinajstić information content (AvgIpc) is 2.49. The summed E-state index contributed by atoms with van der Waals surface area (Å²) < 4.78 is 40.9. The molecular formula is C15H16F3IN4O. The molecule has 1 aromatic carbocycles. The van der Waals surface area contributed by atoms with Crippen LogP contribution in [0.4, 0.5) is 18.9 Å². The van der Waals surface area contributed by atoms with Gasteiger partial charge >= 0.3 is 6.36 Å². The van der Waals surface area contributed by atoms with Gasteiger partial charge in [-0.3, -0.25) is 9.98 Å². The molecule has 3 N–H and O–H groups in total. The Bertz CT molecular complexity index is 665. The second-order valence-electron chi connectivity index (χ2n) is 4.51. The summed E-state index contributed by atoms with van der Waals surface area (Å²) in [4.78, 5) is 8.20. The number of anilines is 1. The molecule has 5 nitrogen and oxygen atoms in total. The van der Waals surface area contributed by atoms with Crippen LogP contribution in [0, 0.1) is 0 Å². The summed E-state index contributed by atoms with van der Waals surface area (Å²) in [7, 11) is 0. The number of nitrogens with one attached hydrogen (secondary N) is 1. The number of aromatic nitrogens is 1. The molecule has 0 fully saturated rings. The van der Waals surface area contributed by atoms with Gasteiger partial charge in [-0.05, 0) is 24.3 Å². The number of pyridine rings is 1. The van der Waals surface area contributed by atoms with Crippen molar-refractivity contribution >= 4 is 35.6 Å². The number of nitrogens with zero attached hydrogens (tertiary/aromatic N) is 2. The third kappa shape index (κ3) is 7.02. The molecule has 2 aromatic rings. The highest BCUT2D eigenvalue weighted by Crippen LogP contribution is 2.29. The first-order chi connectivity index (χ1) is 10.9. The van der Waals surface area contributed by atoms with Gasteiger partial charge in [0.2, 0.25) is 0 Å². The maximum Gasteiger partial charge on any atom is 0.573 e. The van der Waals surface area contributed by atoms with E-state index >= 15 is 0 Å². The molecule has 130 valence electrons. The van der Waals surface area contributed by atoms with E-state index in [0.29, 0.717) is 13.0 Å². The Balaban J connectivity index is 0.00000288. The highest BCUT2D eigenvalue weighted by molar-refractivity contribution is 14.0. The van der Waals surface area contributed by atoms with Crippen molar-refractivity contribution in [3.8, 4) is 5.75 Å². The standard InChI is InChI=1S/C15H15F3N4O.HI/c16-15(17,18)23-13-7-2-1-6-12(13)22-14(19)21-10-8-11-5-3-4-9-20-11;/h1-7,9H,8,10H2,(H3,19,21,22);1H. The van der Waals surface area contributed by atoms with E-state index in [1.54, 1.807) is 18.3 Å². The zero-order valence-electron chi connectivity index (χ0n) is 12.5. The average molecular weight is 452 g/mol. The van der Waals surface area contributed by atoms with E-state index in [1.165, 1.54) is 18.2 Å². The number of halogens is 4. The number of guanidine groups is 1. The molecule has 0 saturated heterocycles. The van der Waals surface area contributed by atoms with Gasteiger partial charge in [0.1, 0.15) is 0 Å². The summed E-state index contributed by atoms with van der Waals surface area (Å²) in [6.45, 7) is 0.359. The molecule has 0 amide bonds. The van der Waals surface area contributed by atoms with Crippen LogP contribution < -0.4 is 15.8 Å². The number of alkyl halides is 3. The molecule has 2 rings (SSSR count). The number of hydrogen-bond acceptors (Lipinski definition) is 3. The van der Waals surface area contributed by atoms with E-state index < -0.39 is 6.36 Å². The van der Waals surface area contributed by atoms with Crippen molar-refractivity contribution in [2.75, 3.05) is 11.9 Å². The maximum absolute atomic E-state index is 12.3. The van der Waals surface area contributed by atoms with Crippen molar-refractivity contribution in [2.24, 2.45) is 10.7 Å². The second kappa shape index (κ2) is 9.30. The van der Waals surface area contributed by atoms with Crippen molar-refractivity contribution in [1.82, 2.24) is 4.98 Å². The molecule has 24 heavy (non-hydrogen) atoms. The van der Waals surface area contributed by atoms with Crippen molar-refractivity contribution in [3.05, 3.63) is 54.4 Å². The molecule has 0 saturated carbocycles. The van der Waals surface area contributed by atoms with Gasteiger partial charge in [0, 0.05) is 24.9 Å². The normalized spacial score (nSPS) is 11.5. The van der Waals surface area contributed by atoms with Gasteiger partial charge in [-0.2, -0.15) is 0 Å². The molecule has 0 radical (unpaired) electrons. The Labute approximate surface area is 154 Å². The SMILES string of the molecule is I.NC(=NCCc1ccccn1)Nc1ccccc1OC(F)(F)F. The number of aliphatic imine (C=N–C) groups is 1. The monoisotopic (exact) mass is 452 g/mol. The number of nitrogens with two attached hydrogens (primary N) is 1. The summed E-state index contributed by atoms with van der Waals surface area (Å²) in [5.41, 5.74) is 6.62. The molecule has 0 unspecified atom stereocenters. The number of para-hydroxylation sites is 2.